The maximum absolute atomic E-state index is 3.95. The predicted molar refractivity (Wildman–Crippen MR) is 57.1 cm³/mol. The quantitative estimate of drug-likeness (QED) is 0.792. The van der Waals surface area contributed by atoms with E-state index < -0.39 is 0 Å². The van der Waals surface area contributed by atoms with Crippen LogP contribution in [-0.2, 0) is 0 Å². The molecule has 0 aliphatic heterocycles. The molecule has 1 rings (SSSR count). The average molecular weight is 199 g/mol. The Kier molecular flexibility index (Phi) is 4.15. The average Bonchev–Trinajstić information content (AvgIpc) is 2.56. The van der Waals surface area contributed by atoms with Gasteiger partial charge in [-0.15, -0.1) is 10.2 Å². The molecule has 2 atom stereocenters. The van der Waals surface area contributed by atoms with Crippen LogP contribution in [0.3, 0.4) is 0 Å². The predicted octanol–water partition coefficient (Wildman–Crippen LogP) is 2.77. The van der Waals surface area contributed by atoms with E-state index in [0.29, 0.717) is 6.04 Å². The van der Waals surface area contributed by atoms with Gasteiger partial charge in [-0.25, -0.2) is 0 Å². The van der Waals surface area contributed by atoms with Gasteiger partial charge >= 0.3 is 0 Å². The summed E-state index contributed by atoms with van der Waals surface area (Å²) in [5.41, 5.74) is 1.75. The van der Waals surface area contributed by atoms with Crippen LogP contribution in [-0.4, -0.2) is 16.2 Å². The van der Waals surface area contributed by atoms with E-state index in [4.69, 9.17) is 0 Å². The van der Waals surface area contributed by atoms with E-state index >= 15 is 0 Å². The molecule has 0 bridgehead atoms. The summed E-state index contributed by atoms with van der Waals surface area (Å²) in [6.07, 6.45) is 2.43. The number of rotatable bonds is 5. The van der Waals surface area contributed by atoms with Gasteiger partial charge < -0.3 is 5.32 Å². The Hall–Kier alpha value is -0.640. The second kappa shape index (κ2) is 5.17. The SMILES string of the molecule is CCC(C)CC(C)Nc1nncs1. The maximum atomic E-state index is 3.95. The molecule has 1 N–H and O–H groups in total. The Morgan fingerprint density at radius 3 is 2.85 bits per heavy atom. The van der Waals surface area contributed by atoms with Crippen LogP contribution in [0.5, 0.6) is 0 Å². The third-order valence-electron chi connectivity index (χ3n) is 2.18. The summed E-state index contributed by atoms with van der Waals surface area (Å²) in [5.74, 6) is 0.774. The first kappa shape index (κ1) is 10.4. The van der Waals surface area contributed by atoms with Gasteiger partial charge in [-0.05, 0) is 19.3 Å². The first-order valence-electron chi connectivity index (χ1n) is 4.75. The van der Waals surface area contributed by atoms with E-state index in [9.17, 15) is 0 Å². The minimum atomic E-state index is 0.489. The minimum Gasteiger partial charge on any atom is -0.358 e. The zero-order valence-corrected chi connectivity index (χ0v) is 9.27. The topological polar surface area (TPSA) is 37.8 Å². The van der Waals surface area contributed by atoms with Crippen molar-refractivity contribution in [3.63, 3.8) is 0 Å². The zero-order chi connectivity index (χ0) is 9.68. The fraction of sp³-hybridized carbons (Fsp3) is 0.778. The molecule has 13 heavy (non-hydrogen) atoms. The summed E-state index contributed by atoms with van der Waals surface area (Å²) >= 11 is 1.55. The van der Waals surface area contributed by atoms with Crippen molar-refractivity contribution >= 4 is 16.5 Å². The Bertz CT molecular complexity index is 223. The van der Waals surface area contributed by atoms with E-state index in [-0.39, 0.29) is 0 Å². The monoisotopic (exact) mass is 199 g/mol. The van der Waals surface area contributed by atoms with Crippen LogP contribution in [0.2, 0.25) is 0 Å². The molecule has 0 aromatic carbocycles. The van der Waals surface area contributed by atoms with Gasteiger partial charge in [0.2, 0.25) is 5.13 Å². The molecule has 2 unspecified atom stereocenters. The number of anilines is 1. The molecule has 74 valence electrons. The smallest absolute Gasteiger partial charge is 0.205 e. The Balaban J connectivity index is 2.29. The first-order chi connectivity index (χ1) is 6.22. The third kappa shape index (κ3) is 3.72. The van der Waals surface area contributed by atoms with Gasteiger partial charge in [-0.1, -0.05) is 31.6 Å². The molecule has 0 amide bonds. The largest absolute Gasteiger partial charge is 0.358 e. The third-order valence-corrected chi connectivity index (χ3v) is 2.81. The lowest BCUT2D eigenvalue weighted by atomic mass is 10.0. The van der Waals surface area contributed by atoms with E-state index in [2.05, 4.69) is 36.3 Å². The fourth-order valence-corrected chi connectivity index (χ4v) is 1.83. The first-order valence-corrected chi connectivity index (χ1v) is 5.63. The second-order valence-electron chi connectivity index (χ2n) is 3.54. The zero-order valence-electron chi connectivity index (χ0n) is 8.45. The van der Waals surface area contributed by atoms with Gasteiger partial charge in [0, 0.05) is 6.04 Å². The van der Waals surface area contributed by atoms with Crippen LogP contribution in [0.1, 0.15) is 33.6 Å². The lowest BCUT2D eigenvalue weighted by Crippen LogP contribution is -2.18. The fourth-order valence-electron chi connectivity index (χ4n) is 1.28. The molecular formula is C9H17N3S. The molecule has 1 aromatic heterocycles. The van der Waals surface area contributed by atoms with Crippen molar-refractivity contribution in [1.82, 2.24) is 10.2 Å². The van der Waals surface area contributed by atoms with E-state index in [1.54, 1.807) is 16.8 Å². The van der Waals surface area contributed by atoms with Crippen molar-refractivity contribution in [2.75, 3.05) is 5.32 Å². The highest BCUT2D eigenvalue weighted by Gasteiger charge is 2.07. The van der Waals surface area contributed by atoms with Crippen molar-refractivity contribution in [2.45, 2.75) is 39.7 Å². The molecular weight excluding hydrogens is 182 g/mol. The summed E-state index contributed by atoms with van der Waals surface area (Å²) < 4.78 is 0. The molecule has 0 fully saturated rings. The lowest BCUT2D eigenvalue weighted by Gasteiger charge is -2.16. The van der Waals surface area contributed by atoms with Crippen LogP contribution < -0.4 is 5.32 Å². The number of hydrogen-bond donors (Lipinski definition) is 1. The minimum absolute atomic E-state index is 0.489. The maximum Gasteiger partial charge on any atom is 0.205 e. The second-order valence-corrected chi connectivity index (χ2v) is 4.37. The molecule has 0 aliphatic carbocycles. The Morgan fingerprint density at radius 2 is 2.31 bits per heavy atom. The molecule has 1 aromatic rings. The molecule has 1 heterocycles. The van der Waals surface area contributed by atoms with Crippen LogP contribution in [0.25, 0.3) is 0 Å². The van der Waals surface area contributed by atoms with Gasteiger partial charge in [0.05, 0.1) is 0 Å². The molecule has 4 heteroatoms. The molecule has 0 saturated carbocycles. The van der Waals surface area contributed by atoms with Crippen molar-refractivity contribution in [1.29, 1.82) is 0 Å². The van der Waals surface area contributed by atoms with Gasteiger partial charge in [0.1, 0.15) is 5.51 Å². The van der Waals surface area contributed by atoms with Crippen molar-refractivity contribution in [2.24, 2.45) is 5.92 Å². The molecule has 0 radical (unpaired) electrons. The summed E-state index contributed by atoms with van der Waals surface area (Å²) in [4.78, 5) is 0. The summed E-state index contributed by atoms with van der Waals surface area (Å²) in [5, 5.41) is 12.0. The van der Waals surface area contributed by atoms with E-state index in [1.165, 1.54) is 12.8 Å². The number of aromatic nitrogens is 2. The Labute approximate surface area is 83.6 Å². The van der Waals surface area contributed by atoms with E-state index in [0.717, 1.165) is 11.0 Å². The van der Waals surface area contributed by atoms with Crippen molar-refractivity contribution in [3.05, 3.63) is 5.51 Å². The number of hydrogen-bond acceptors (Lipinski definition) is 4. The van der Waals surface area contributed by atoms with Gasteiger partial charge in [0.25, 0.3) is 0 Å². The number of nitrogens with one attached hydrogen (secondary N) is 1. The standard InChI is InChI=1S/C9H17N3S/c1-4-7(2)5-8(3)11-9-12-10-6-13-9/h6-8H,4-5H2,1-3H3,(H,11,12). The van der Waals surface area contributed by atoms with Crippen molar-refractivity contribution in [3.8, 4) is 0 Å². The lowest BCUT2D eigenvalue weighted by molar-refractivity contribution is 0.483. The normalized spacial score (nSPS) is 15.3. The highest BCUT2D eigenvalue weighted by Crippen LogP contribution is 2.15. The highest BCUT2D eigenvalue weighted by atomic mass is 32.1. The highest BCUT2D eigenvalue weighted by molar-refractivity contribution is 7.13. The summed E-state index contributed by atoms with van der Waals surface area (Å²) in [7, 11) is 0. The van der Waals surface area contributed by atoms with Crippen LogP contribution in [0.15, 0.2) is 5.51 Å². The van der Waals surface area contributed by atoms with E-state index in [1.807, 2.05) is 0 Å². The Morgan fingerprint density at radius 1 is 1.54 bits per heavy atom. The van der Waals surface area contributed by atoms with Crippen LogP contribution >= 0.6 is 11.3 Å². The summed E-state index contributed by atoms with van der Waals surface area (Å²) in [6, 6.07) is 0.489. The van der Waals surface area contributed by atoms with Gasteiger partial charge in [-0.2, -0.15) is 0 Å². The molecule has 0 aliphatic rings. The van der Waals surface area contributed by atoms with Gasteiger partial charge in [0.15, 0.2) is 0 Å². The van der Waals surface area contributed by atoms with Crippen LogP contribution in [0, 0.1) is 5.92 Å². The summed E-state index contributed by atoms with van der Waals surface area (Å²) in [6.45, 7) is 6.69. The molecule has 0 saturated heterocycles. The molecule has 0 spiro atoms. The van der Waals surface area contributed by atoms with Crippen molar-refractivity contribution < 1.29 is 0 Å². The van der Waals surface area contributed by atoms with Gasteiger partial charge in [-0.3, -0.25) is 0 Å². The van der Waals surface area contributed by atoms with Crippen LogP contribution in [0.4, 0.5) is 5.13 Å². The molecule has 3 nitrogen and oxygen atoms in total. The number of nitrogens with zero attached hydrogens (tertiary/aromatic N) is 2.